The summed E-state index contributed by atoms with van der Waals surface area (Å²) in [4.78, 5) is 22.0. The highest BCUT2D eigenvalue weighted by atomic mass is 19.4. The lowest BCUT2D eigenvalue weighted by Crippen LogP contribution is -2.11. The minimum atomic E-state index is -4.95. The molecule has 0 saturated carbocycles. The smallest absolute Gasteiger partial charge is 0.420 e. The van der Waals surface area contributed by atoms with Gasteiger partial charge in [0.05, 0.1) is 16.7 Å². The van der Waals surface area contributed by atoms with Gasteiger partial charge in [-0.2, -0.15) is 26.3 Å². The van der Waals surface area contributed by atoms with E-state index in [9.17, 15) is 35.9 Å². The Morgan fingerprint density at radius 1 is 0.634 bits per heavy atom. The lowest BCUT2D eigenvalue weighted by molar-refractivity contribution is -0.139. The Kier molecular flexibility index (Phi) is 7.69. The molecular formula is C29H18F6O6. The molecule has 0 saturated heterocycles. The fraction of sp³-hybridized carbons (Fsp3) is 0.103. The second kappa shape index (κ2) is 10.9. The first kappa shape index (κ1) is 29.0. The molecule has 0 aliphatic heterocycles. The third kappa shape index (κ3) is 6.43. The van der Waals surface area contributed by atoms with Crippen LogP contribution in [0.2, 0.25) is 0 Å². The summed E-state index contributed by atoms with van der Waals surface area (Å²) in [7, 11) is 0. The van der Waals surface area contributed by atoms with Gasteiger partial charge in [-0.1, -0.05) is 12.1 Å². The van der Waals surface area contributed by atoms with Crippen LogP contribution in [0.5, 0.6) is 23.0 Å². The summed E-state index contributed by atoms with van der Waals surface area (Å²) in [6, 6.07) is 14.2. The van der Waals surface area contributed by atoms with Crippen molar-refractivity contribution in [3.8, 4) is 34.1 Å². The van der Waals surface area contributed by atoms with E-state index in [-0.39, 0.29) is 33.8 Å². The number of halogens is 6. The number of carboxylic acid groups (broad SMARTS) is 2. The lowest BCUT2D eigenvalue weighted by Gasteiger charge is -2.20. The Balaban J connectivity index is 1.74. The van der Waals surface area contributed by atoms with Crippen LogP contribution in [0, 0.1) is 6.92 Å². The maximum absolute atomic E-state index is 14.1. The number of rotatable bonds is 7. The van der Waals surface area contributed by atoms with E-state index in [0.29, 0.717) is 6.07 Å². The third-order valence-corrected chi connectivity index (χ3v) is 5.96. The molecule has 0 amide bonds. The number of benzene rings is 4. The van der Waals surface area contributed by atoms with Gasteiger partial charge in [0.2, 0.25) is 0 Å². The highest BCUT2D eigenvalue weighted by molar-refractivity contribution is 5.88. The fourth-order valence-electron chi connectivity index (χ4n) is 4.03. The second-order valence-corrected chi connectivity index (χ2v) is 8.68. The summed E-state index contributed by atoms with van der Waals surface area (Å²) < 4.78 is 95.0. The fourth-order valence-corrected chi connectivity index (χ4v) is 4.03. The van der Waals surface area contributed by atoms with Crippen molar-refractivity contribution in [2.24, 2.45) is 0 Å². The largest absolute Gasteiger partial charge is 0.478 e. The first-order valence-electron chi connectivity index (χ1n) is 11.6. The molecule has 0 aromatic heterocycles. The molecule has 4 aromatic carbocycles. The van der Waals surface area contributed by atoms with Gasteiger partial charge in [0.25, 0.3) is 0 Å². The van der Waals surface area contributed by atoms with Gasteiger partial charge in [-0.25, -0.2) is 9.59 Å². The zero-order valence-corrected chi connectivity index (χ0v) is 20.8. The molecule has 6 nitrogen and oxygen atoms in total. The average molecular weight is 576 g/mol. The molecule has 0 aliphatic carbocycles. The van der Waals surface area contributed by atoms with E-state index in [2.05, 4.69) is 0 Å². The summed E-state index contributed by atoms with van der Waals surface area (Å²) in [6.07, 6.45) is -9.90. The Labute approximate surface area is 228 Å². The molecule has 0 radical (unpaired) electrons. The van der Waals surface area contributed by atoms with Crippen molar-refractivity contribution in [2.75, 3.05) is 0 Å². The number of carbonyl (C=O) groups is 2. The molecule has 0 unspecified atom stereocenters. The molecule has 0 bridgehead atoms. The second-order valence-electron chi connectivity index (χ2n) is 8.68. The summed E-state index contributed by atoms with van der Waals surface area (Å²) in [6.45, 7) is 1.10. The highest BCUT2D eigenvalue weighted by Gasteiger charge is 2.38. The Hall–Kier alpha value is -5.00. The monoisotopic (exact) mass is 576 g/mol. The zero-order chi connectivity index (χ0) is 30.1. The van der Waals surface area contributed by atoms with Crippen LogP contribution in [0.4, 0.5) is 26.3 Å². The van der Waals surface area contributed by atoms with Crippen molar-refractivity contribution in [1.82, 2.24) is 0 Å². The number of hydrogen-bond donors (Lipinski definition) is 2. The molecule has 2 N–H and O–H groups in total. The van der Waals surface area contributed by atoms with Gasteiger partial charge < -0.3 is 19.7 Å². The molecule has 4 rings (SSSR count). The van der Waals surface area contributed by atoms with E-state index >= 15 is 0 Å². The van der Waals surface area contributed by atoms with Crippen molar-refractivity contribution >= 4 is 11.9 Å². The summed E-state index contributed by atoms with van der Waals surface area (Å²) in [5.41, 5.74) is -3.41. The van der Waals surface area contributed by atoms with Gasteiger partial charge in [-0.3, -0.25) is 0 Å². The first-order valence-corrected chi connectivity index (χ1v) is 11.6. The minimum Gasteiger partial charge on any atom is -0.478 e. The van der Waals surface area contributed by atoms with E-state index in [1.165, 1.54) is 36.4 Å². The predicted molar refractivity (Wildman–Crippen MR) is 134 cm³/mol. The van der Waals surface area contributed by atoms with Gasteiger partial charge in [-0.05, 0) is 90.3 Å². The Bertz CT molecular complexity index is 1610. The van der Waals surface area contributed by atoms with Crippen LogP contribution in [0.25, 0.3) is 11.1 Å². The van der Waals surface area contributed by atoms with E-state index in [1.807, 2.05) is 0 Å². The van der Waals surface area contributed by atoms with Crippen molar-refractivity contribution < 1.29 is 55.6 Å². The summed E-state index contributed by atoms with van der Waals surface area (Å²) in [5.74, 6) is -3.89. The molecule has 0 spiro atoms. The van der Waals surface area contributed by atoms with Crippen molar-refractivity contribution in [3.63, 3.8) is 0 Å². The maximum atomic E-state index is 14.1. The molecular weight excluding hydrogens is 558 g/mol. The average Bonchev–Trinajstić information content (AvgIpc) is 2.88. The van der Waals surface area contributed by atoms with Crippen LogP contribution in [0.3, 0.4) is 0 Å². The number of aromatic carboxylic acids is 2. The van der Waals surface area contributed by atoms with Crippen LogP contribution in [0.1, 0.15) is 37.4 Å². The summed E-state index contributed by atoms with van der Waals surface area (Å²) >= 11 is 0. The van der Waals surface area contributed by atoms with E-state index < -0.39 is 52.5 Å². The topological polar surface area (TPSA) is 93.1 Å². The van der Waals surface area contributed by atoms with Gasteiger partial charge >= 0.3 is 24.3 Å². The van der Waals surface area contributed by atoms with E-state index in [0.717, 1.165) is 43.3 Å². The highest BCUT2D eigenvalue weighted by Crippen LogP contribution is 2.46. The summed E-state index contributed by atoms with van der Waals surface area (Å²) in [5, 5.41) is 18.0. The van der Waals surface area contributed by atoms with Gasteiger partial charge in [0.15, 0.2) is 0 Å². The molecule has 41 heavy (non-hydrogen) atoms. The van der Waals surface area contributed by atoms with Gasteiger partial charge in [-0.15, -0.1) is 0 Å². The van der Waals surface area contributed by atoms with Crippen LogP contribution in [-0.4, -0.2) is 22.2 Å². The Morgan fingerprint density at radius 2 is 1.10 bits per heavy atom. The molecule has 212 valence electrons. The molecule has 0 atom stereocenters. The maximum Gasteiger partial charge on any atom is 0.420 e. The molecule has 12 heteroatoms. The predicted octanol–water partition coefficient (Wildman–Crippen LogP) is 8.68. The number of alkyl halides is 6. The third-order valence-electron chi connectivity index (χ3n) is 5.96. The normalized spacial score (nSPS) is 11.7. The molecule has 0 aliphatic rings. The number of carboxylic acids is 2. The van der Waals surface area contributed by atoms with Crippen LogP contribution < -0.4 is 9.47 Å². The van der Waals surface area contributed by atoms with Crippen LogP contribution in [0.15, 0.2) is 78.9 Å². The van der Waals surface area contributed by atoms with Gasteiger partial charge in [0.1, 0.15) is 28.6 Å². The van der Waals surface area contributed by atoms with Crippen molar-refractivity contribution in [1.29, 1.82) is 0 Å². The standard InChI is InChI=1S/C29H18F6O6/c1-15-21(11-13-24(25(15)29(33,34)35)41-20-9-4-17(5-10-20)27(38)39)18-6-12-23(22(14-18)28(30,31)32)40-19-7-2-16(3-8-19)26(36)37/h2-14H,1H3,(H,36,37)(H,38,39). The number of hydrogen-bond acceptors (Lipinski definition) is 4. The molecule has 0 heterocycles. The minimum absolute atomic E-state index is 0.0788. The SMILES string of the molecule is Cc1c(-c2ccc(Oc3ccc(C(=O)O)cc3)c(C(F)(F)F)c2)ccc(Oc2ccc(C(=O)O)cc2)c1C(F)(F)F. The van der Waals surface area contributed by atoms with Crippen molar-refractivity contribution in [2.45, 2.75) is 19.3 Å². The van der Waals surface area contributed by atoms with Crippen molar-refractivity contribution in [3.05, 3.63) is 107 Å². The quantitative estimate of drug-likeness (QED) is 0.214. The van der Waals surface area contributed by atoms with E-state index in [4.69, 9.17) is 19.7 Å². The number of ether oxygens (including phenoxy) is 2. The first-order chi connectivity index (χ1) is 19.1. The van der Waals surface area contributed by atoms with Gasteiger partial charge in [0, 0.05) is 0 Å². The van der Waals surface area contributed by atoms with Crippen LogP contribution in [-0.2, 0) is 12.4 Å². The molecule has 0 fully saturated rings. The zero-order valence-electron chi connectivity index (χ0n) is 20.8. The van der Waals surface area contributed by atoms with E-state index in [1.54, 1.807) is 0 Å². The lowest BCUT2D eigenvalue weighted by atomic mass is 9.94. The molecule has 4 aromatic rings. The van der Waals surface area contributed by atoms with Crippen LogP contribution >= 0.6 is 0 Å². The Morgan fingerprint density at radius 3 is 1.54 bits per heavy atom.